The van der Waals surface area contributed by atoms with Crippen LogP contribution in [0.3, 0.4) is 0 Å². The van der Waals surface area contributed by atoms with Crippen molar-refractivity contribution in [2.45, 2.75) is 79.5 Å². The predicted molar refractivity (Wildman–Crippen MR) is 115 cm³/mol. The molecule has 0 radical (unpaired) electrons. The van der Waals surface area contributed by atoms with Crippen LogP contribution in [-0.4, -0.2) is 30.5 Å². The molecule has 1 aromatic heterocycles. The Balaban J connectivity index is 2.49. The van der Waals surface area contributed by atoms with Crippen molar-refractivity contribution in [2.24, 2.45) is 0 Å². The number of nitrogens with zero attached hydrogens (tertiary/aromatic N) is 1. The van der Waals surface area contributed by atoms with E-state index in [1.54, 1.807) is 10.1 Å². The standard InChI is InChI=1S/C9H8NOS.3C4H9.Sn/c1-6-3-7(11-2)4-8-9(6)10-5-12-8;3*1-3-4-2;/h3-4H,1-2H3;3*1,3-4H2,2H3;. The molecular weight excluding hydrogens is 433 g/mol. The summed E-state index contributed by atoms with van der Waals surface area (Å²) in [5.74, 6) is 0.969. The van der Waals surface area contributed by atoms with Crippen LogP contribution in [0.1, 0.15) is 64.9 Å². The first-order valence-corrected chi connectivity index (χ1v) is 18.4. The van der Waals surface area contributed by atoms with Crippen LogP contribution in [0.15, 0.2) is 12.1 Å². The van der Waals surface area contributed by atoms with Crippen LogP contribution >= 0.6 is 11.3 Å². The molecule has 0 fully saturated rings. The molecular formula is C21H35NOSSn. The molecule has 140 valence electrons. The van der Waals surface area contributed by atoms with Gasteiger partial charge in [-0.15, -0.1) is 0 Å². The first-order valence-electron chi connectivity index (χ1n) is 10.1. The van der Waals surface area contributed by atoms with Gasteiger partial charge >= 0.3 is 163 Å². The number of hydrogen-bond acceptors (Lipinski definition) is 3. The van der Waals surface area contributed by atoms with Crippen LogP contribution in [0.25, 0.3) is 10.2 Å². The Labute approximate surface area is 162 Å². The number of benzene rings is 1. The zero-order chi connectivity index (χ0) is 18.3. The molecule has 2 rings (SSSR count). The Kier molecular flexibility index (Phi) is 8.53. The van der Waals surface area contributed by atoms with Crippen LogP contribution in [0.5, 0.6) is 5.75 Å². The Morgan fingerprint density at radius 3 is 2.00 bits per heavy atom. The van der Waals surface area contributed by atoms with Gasteiger partial charge < -0.3 is 0 Å². The van der Waals surface area contributed by atoms with E-state index < -0.39 is 18.4 Å². The molecule has 0 bridgehead atoms. The van der Waals surface area contributed by atoms with E-state index in [0.717, 1.165) is 5.75 Å². The van der Waals surface area contributed by atoms with Crippen LogP contribution in [0.2, 0.25) is 13.3 Å². The van der Waals surface area contributed by atoms with Gasteiger partial charge in [0.15, 0.2) is 0 Å². The van der Waals surface area contributed by atoms with Gasteiger partial charge in [0.1, 0.15) is 0 Å². The molecule has 2 aromatic rings. The van der Waals surface area contributed by atoms with Crippen molar-refractivity contribution < 1.29 is 4.74 Å². The Hall–Kier alpha value is -0.291. The molecule has 0 aliphatic heterocycles. The Bertz CT molecular complexity index is 645. The molecule has 1 heterocycles. The zero-order valence-electron chi connectivity index (χ0n) is 16.8. The van der Waals surface area contributed by atoms with Gasteiger partial charge in [-0.1, -0.05) is 0 Å². The first-order chi connectivity index (χ1) is 12.1. The molecule has 0 saturated heterocycles. The van der Waals surface area contributed by atoms with E-state index in [-0.39, 0.29) is 0 Å². The van der Waals surface area contributed by atoms with Crippen molar-refractivity contribution in [3.63, 3.8) is 0 Å². The van der Waals surface area contributed by atoms with E-state index in [0.29, 0.717) is 0 Å². The van der Waals surface area contributed by atoms with Gasteiger partial charge in [0.05, 0.1) is 0 Å². The van der Waals surface area contributed by atoms with Gasteiger partial charge in [-0.05, 0) is 0 Å². The predicted octanol–water partition coefficient (Wildman–Crippen LogP) is 6.67. The van der Waals surface area contributed by atoms with Crippen molar-refractivity contribution in [3.8, 4) is 5.75 Å². The summed E-state index contributed by atoms with van der Waals surface area (Å²) in [6.07, 6.45) is 8.11. The summed E-state index contributed by atoms with van der Waals surface area (Å²) >= 11 is -0.407. The molecule has 0 atom stereocenters. The van der Waals surface area contributed by atoms with Crippen molar-refractivity contribution in [1.82, 2.24) is 4.98 Å². The average Bonchev–Trinajstić information content (AvgIpc) is 3.06. The second kappa shape index (κ2) is 10.1. The summed E-state index contributed by atoms with van der Waals surface area (Å²) < 4.78 is 12.9. The maximum absolute atomic E-state index is 5.49. The molecule has 1 aromatic carbocycles. The molecule has 0 spiro atoms. The number of hydrogen-bond donors (Lipinski definition) is 0. The van der Waals surface area contributed by atoms with Gasteiger partial charge in [0, 0.05) is 0 Å². The van der Waals surface area contributed by atoms with E-state index in [1.807, 2.05) is 11.3 Å². The summed E-state index contributed by atoms with van der Waals surface area (Å²) in [4.78, 5) is 5.28. The van der Waals surface area contributed by atoms with Crippen molar-refractivity contribution in [1.29, 1.82) is 0 Å². The summed E-state index contributed by atoms with van der Waals surface area (Å²) in [6, 6.07) is 4.33. The average molecular weight is 468 g/mol. The first kappa shape index (κ1) is 21.0. The number of rotatable bonds is 11. The monoisotopic (exact) mass is 469 g/mol. The number of thiazole rings is 1. The molecule has 0 amide bonds. The number of fused-ring (bicyclic) bond motifs is 1. The second-order valence-electron chi connectivity index (χ2n) is 7.40. The SMILES string of the molecule is CCC[CH2][Sn]([CH2]CCC)([CH2]CCC)[c]1nc2c(C)cc(OC)cc2s1. The van der Waals surface area contributed by atoms with E-state index in [2.05, 4.69) is 39.8 Å². The molecule has 0 unspecified atom stereocenters. The van der Waals surface area contributed by atoms with E-state index in [1.165, 1.54) is 67.6 Å². The third-order valence-corrected chi connectivity index (χ3v) is 24.1. The molecule has 0 N–H and O–H groups in total. The molecule has 0 aliphatic carbocycles. The molecule has 4 heteroatoms. The maximum atomic E-state index is 5.49. The van der Waals surface area contributed by atoms with Gasteiger partial charge in [0.25, 0.3) is 0 Å². The van der Waals surface area contributed by atoms with E-state index >= 15 is 0 Å². The number of aromatic nitrogens is 1. The molecule has 0 saturated carbocycles. The zero-order valence-corrected chi connectivity index (χ0v) is 20.5. The number of unbranched alkanes of at least 4 members (excludes halogenated alkanes) is 3. The Morgan fingerprint density at radius 1 is 0.960 bits per heavy atom. The summed E-state index contributed by atoms with van der Waals surface area (Å²) in [7, 11) is 1.76. The number of methoxy groups -OCH3 is 1. The van der Waals surface area contributed by atoms with Gasteiger partial charge in [-0.25, -0.2) is 0 Å². The van der Waals surface area contributed by atoms with Crippen LogP contribution in [-0.2, 0) is 0 Å². The minimum absolute atomic E-state index is 0.969. The topological polar surface area (TPSA) is 22.1 Å². The third kappa shape index (κ3) is 5.12. The summed E-state index contributed by atoms with van der Waals surface area (Å²) in [5.41, 5.74) is 2.49. The van der Waals surface area contributed by atoms with E-state index in [4.69, 9.17) is 9.72 Å². The van der Waals surface area contributed by atoms with E-state index in [9.17, 15) is 0 Å². The summed E-state index contributed by atoms with van der Waals surface area (Å²) in [6.45, 7) is 9.19. The summed E-state index contributed by atoms with van der Waals surface area (Å²) in [5, 5.41) is 0. The molecule has 25 heavy (non-hydrogen) atoms. The Morgan fingerprint density at radius 2 is 1.52 bits per heavy atom. The third-order valence-electron chi connectivity index (χ3n) is 5.38. The van der Waals surface area contributed by atoms with Crippen LogP contribution < -0.4 is 7.76 Å². The fourth-order valence-electron chi connectivity index (χ4n) is 3.75. The fraction of sp³-hybridized carbons (Fsp3) is 0.667. The van der Waals surface area contributed by atoms with Crippen LogP contribution in [0.4, 0.5) is 0 Å². The molecule has 2 nitrogen and oxygen atoms in total. The quantitative estimate of drug-likeness (QED) is 0.344. The van der Waals surface area contributed by atoms with Crippen molar-refractivity contribution in [3.05, 3.63) is 17.7 Å². The van der Waals surface area contributed by atoms with Gasteiger partial charge in [-0.2, -0.15) is 0 Å². The van der Waals surface area contributed by atoms with Gasteiger partial charge in [0.2, 0.25) is 0 Å². The molecule has 0 aliphatic rings. The van der Waals surface area contributed by atoms with Crippen molar-refractivity contribution in [2.75, 3.05) is 7.11 Å². The van der Waals surface area contributed by atoms with Crippen molar-refractivity contribution >= 4 is 43.0 Å². The number of ether oxygens (including phenoxy) is 1. The minimum atomic E-state index is -2.41. The van der Waals surface area contributed by atoms with Crippen LogP contribution in [0, 0.1) is 6.92 Å². The van der Waals surface area contributed by atoms with Gasteiger partial charge in [-0.3, -0.25) is 0 Å². The fourth-order valence-corrected chi connectivity index (χ4v) is 23.4. The number of aryl methyl sites for hydroxylation is 1. The normalized spacial score (nSPS) is 12.0. The second-order valence-corrected chi connectivity index (χ2v) is 22.4.